The molecule has 5 nitrogen and oxygen atoms in total. The molecule has 2 aromatic carbocycles. The molecule has 0 bridgehead atoms. The number of rotatable bonds is 4. The number of nitrogens with two attached hydrogens (primary N) is 1. The molecule has 1 amide bonds. The number of ether oxygens (including phenoxy) is 1. The molecule has 0 saturated heterocycles. The molecule has 0 heterocycles. The summed E-state index contributed by atoms with van der Waals surface area (Å²) in [5.74, 6) is -0.617. The lowest BCUT2D eigenvalue weighted by atomic mass is 10.2. The van der Waals surface area contributed by atoms with Crippen LogP contribution in [0, 0.1) is 17.1 Å². The number of nitriles is 1. The van der Waals surface area contributed by atoms with Gasteiger partial charge in [0.25, 0.3) is 5.91 Å². The van der Waals surface area contributed by atoms with Crippen LogP contribution in [0.4, 0.5) is 15.8 Å². The van der Waals surface area contributed by atoms with Crippen molar-refractivity contribution in [3.05, 3.63) is 53.8 Å². The number of benzene rings is 2. The van der Waals surface area contributed by atoms with E-state index in [1.165, 1.54) is 12.1 Å². The molecule has 0 aliphatic rings. The molecular weight excluding hydrogens is 285 g/mol. The number of nitrogens with one attached hydrogen (secondary N) is 1. The second-order valence-corrected chi connectivity index (χ2v) is 4.59. The first-order chi connectivity index (χ1) is 10.5. The van der Waals surface area contributed by atoms with Gasteiger partial charge in [0.1, 0.15) is 17.6 Å². The van der Waals surface area contributed by atoms with Crippen LogP contribution < -0.4 is 15.8 Å². The highest BCUT2D eigenvalue weighted by Crippen LogP contribution is 2.21. The van der Waals surface area contributed by atoms with E-state index < -0.39 is 17.8 Å². The van der Waals surface area contributed by atoms with Crippen molar-refractivity contribution in [2.45, 2.75) is 13.0 Å². The quantitative estimate of drug-likeness (QED) is 0.850. The summed E-state index contributed by atoms with van der Waals surface area (Å²) in [6.45, 7) is 1.54. The smallest absolute Gasteiger partial charge is 0.265 e. The third kappa shape index (κ3) is 3.52. The Hall–Kier alpha value is -3.07. The maximum atomic E-state index is 13.0. The van der Waals surface area contributed by atoms with Crippen LogP contribution in [0.2, 0.25) is 0 Å². The van der Waals surface area contributed by atoms with E-state index in [-0.39, 0.29) is 5.69 Å². The van der Waals surface area contributed by atoms with Gasteiger partial charge in [-0.25, -0.2) is 4.39 Å². The molecule has 2 aromatic rings. The van der Waals surface area contributed by atoms with Crippen molar-refractivity contribution in [1.82, 2.24) is 0 Å². The van der Waals surface area contributed by atoms with Crippen LogP contribution in [-0.4, -0.2) is 12.0 Å². The monoisotopic (exact) mass is 299 g/mol. The second-order valence-electron chi connectivity index (χ2n) is 4.59. The Morgan fingerprint density at radius 3 is 2.77 bits per heavy atom. The van der Waals surface area contributed by atoms with Crippen LogP contribution in [0.15, 0.2) is 42.5 Å². The van der Waals surface area contributed by atoms with Gasteiger partial charge in [0.2, 0.25) is 0 Å². The Morgan fingerprint density at radius 2 is 2.09 bits per heavy atom. The molecular formula is C16H14FN3O2. The summed E-state index contributed by atoms with van der Waals surface area (Å²) in [5.41, 5.74) is 6.39. The largest absolute Gasteiger partial charge is 0.480 e. The molecule has 0 aliphatic carbocycles. The lowest BCUT2D eigenvalue weighted by Crippen LogP contribution is -2.30. The third-order valence-electron chi connectivity index (χ3n) is 2.95. The number of hydrogen-bond donors (Lipinski definition) is 2. The van der Waals surface area contributed by atoms with Crippen molar-refractivity contribution in [3.8, 4) is 11.8 Å². The molecule has 0 aliphatic heterocycles. The molecule has 0 fully saturated rings. The lowest BCUT2D eigenvalue weighted by Gasteiger charge is -2.16. The van der Waals surface area contributed by atoms with Gasteiger partial charge >= 0.3 is 0 Å². The zero-order chi connectivity index (χ0) is 16.1. The number of carbonyl (C=O) groups is 1. The standard InChI is InChI=1S/C16H14FN3O2/c1-10(22-15-5-3-2-4-11(15)9-18)16(21)20-14-7-6-12(17)8-13(14)19/h2-8,10H,19H2,1H3,(H,20,21). The van der Waals surface area contributed by atoms with Gasteiger partial charge in [-0.15, -0.1) is 0 Å². The van der Waals surface area contributed by atoms with Crippen molar-refractivity contribution < 1.29 is 13.9 Å². The van der Waals surface area contributed by atoms with Crippen molar-refractivity contribution in [1.29, 1.82) is 5.26 Å². The summed E-state index contributed by atoms with van der Waals surface area (Å²) in [7, 11) is 0. The molecule has 0 spiro atoms. The molecule has 0 radical (unpaired) electrons. The van der Waals surface area contributed by atoms with E-state index in [1.54, 1.807) is 31.2 Å². The molecule has 112 valence electrons. The van der Waals surface area contributed by atoms with E-state index in [2.05, 4.69) is 5.32 Å². The zero-order valence-electron chi connectivity index (χ0n) is 11.8. The van der Waals surface area contributed by atoms with Gasteiger partial charge in [-0.05, 0) is 37.3 Å². The first-order valence-electron chi connectivity index (χ1n) is 6.53. The van der Waals surface area contributed by atoms with Crippen LogP contribution in [0.1, 0.15) is 12.5 Å². The molecule has 2 rings (SSSR count). The maximum absolute atomic E-state index is 13.0. The Labute approximate surface area is 127 Å². The molecule has 0 aromatic heterocycles. The molecule has 22 heavy (non-hydrogen) atoms. The Kier molecular flexibility index (Phi) is 4.59. The van der Waals surface area contributed by atoms with E-state index in [4.69, 9.17) is 15.7 Å². The normalized spacial score (nSPS) is 11.3. The zero-order valence-corrected chi connectivity index (χ0v) is 11.8. The highest BCUT2D eigenvalue weighted by Gasteiger charge is 2.17. The van der Waals surface area contributed by atoms with Gasteiger partial charge < -0.3 is 15.8 Å². The average molecular weight is 299 g/mol. The van der Waals surface area contributed by atoms with E-state index in [1.807, 2.05) is 6.07 Å². The number of carbonyl (C=O) groups excluding carboxylic acids is 1. The minimum atomic E-state index is -0.848. The van der Waals surface area contributed by atoms with E-state index in [9.17, 15) is 9.18 Å². The maximum Gasteiger partial charge on any atom is 0.265 e. The summed E-state index contributed by atoms with van der Waals surface area (Å²) in [4.78, 5) is 12.1. The number of hydrogen-bond acceptors (Lipinski definition) is 4. The Bertz CT molecular complexity index is 740. The first-order valence-corrected chi connectivity index (χ1v) is 6.53. The first kappa shape index (κ1) is 15.3. The topological polar surface area (TPSA) is 88.1 Å². The highest BCUT2D eigenvalue weighted by atomic mass is 19.1. The molecule has 3 N–H and O–H groups in total. The van der Waals surface area contributed by atoms with E-state index in [0.717, 1.165) is 6.07 Å². The van der Waals surface area contributed by atoms with E-state index >= 15 is 0 Å². The van der Waals surface area contributed by atoms with Crippen LogP contribution in [-0.2, 0) is 4.79 Å². The molecule has 0 saturated carbocycles. The minimum Gasteiger partial charge on any atom is -0.480 e. The summed E-state index contributed by atoms with van der Waals surface area (Å²) in [6, 6.07) is 12.3. The van der Waals surface area contributed by atoms with Crippen LogP contribution in [0.5, 0.6) is 5.75 Å². The van der Waals surface area contributed by atoms with Gasteiger partial charge in [-0.3, -0.25) is 4.79 Å². The molecule has 1 unspecified atom stereocenters. The van der Waals surface area contributed by atoms with Crippen molar-refractivity contribution in [3.63, 3.8) is 0 Å². The van der Waals surface area contributed by atoms with Gasteiger partial charge in [0.05, 0.1) is 16.9 Å². The molecule has 6 heteroatoms. The number of anilines is 2. The van der Waals surface area contributed by atoms with Crippen molar-refractivity contribution in [2.75, 3.05) is 11.1 Å². The SMILES string of the molecule is CC(Oc1ccccc1C#N)C(=O)Nc1ccc(F)cc1N. The predicted molar refractivity (Wildman–Crippen MR) is 80.7 cm³/mol. The van der Waals surface area contributed by atoms with Crippen molar-refractivity contribution >= 4 is 17.3 Å². The van der Waals surface area contributed by atoms with Gasteiger partial charge in [-0.1, -0.05) is 12.1 Å². The van der Waals surface area contributed by atoms with Gasteiger partial charge in [0.15, 0.2) is 6.10 Å². The fourth-order valence-corrected chi connectivity index (χ4v) is 1.79. The Balaban J connectivity index is 2.08. The number of nitrogens with zero attached hydrogens (tertiary/aromatic N) is 1. The fraction of sp³-hybridized carbons (Fsp3) is 0.125. The van der Waals surface area contributed by atoms with Crippen LogP contribution in [0.3, 0.4) is 0 Å². The summed E-state index contributed by atoms with van der Waals surface area (Å²) in [5, 5.41) is 11.5. The number of para-hydroxylation sites is 1. The van der Waals surface area contributed by atoms with Gasteiger partial charge in [-0.2, -0.15) is 5.26 Å². The average Bonchev–Trinajstić information content (AvgIpc) is 2.50. The van der Waals surface area contributed by atoms with Crippen LogP contribution >= 0.6 is 0 Å². The predicted octanol–water partition coefficient (Wildman–Crippen LogP) is 2.69. The molecule has 1 atom stereocenters. The second kappa shape index (κ2) is 6.59. The van der Waals surface area contributed by atoms with Gasteiger partial charge in [0, 0.05) is 0 Å². The van der Waals surface area contributed by atoms with E-state index in [0.29, 0.717) is 17.0 Å². The number of nitrogen functional groups attached to an aromatic ring is 1. The third-order valence-corrected chi connectivity index (χ3v) is 2.95. The lowest BCUT2D eigenvalue weighted by molar-refractivity contribution is -0.122. The summed E-state index contributed by atoms with van der Waals surface area (Å²) < 4.78 is 18.5. The Morgan fingerprint density at radius 1 is 1.36 bits per heavy atom. The minimum absolute atomic E-state index is 0.123. The number of halogens is 1. The fourth-order valence-electron chi connectivity index (χ4n) is 1.79. The highest BCUT2D eigenvalue weighted by molar-refractivity contribution is 5.96. The van der Waals surface area contributed by atoms with Crippen LogP contribution in [0.25, 0.3) is 0 Å². The van der Waals surface area contributed by atoms with Crippen molar-refractivity contribution in [2.24, 2.45) is 0 Å². The number of amides is 1. The summed E-state index contributed by atoms with van der Waals surface area (Å²) in [6.07, 6.45) is -0.848. The summed E-state index contributed by atoms with van der Waals surface area (Å²) >= 11 is 0.